The molecule has 4 rings (SSSR count). The molecule has 1 unspecified atom stereocenters. The van der Waals surface area contributed by atoms with Crippen LogP contribution < -0.4 is 10.5 Å². The maximum atomic E-state index is 12.3. The minimum atomic E-state index is -1.18. The molecule has 0 aliphatic heterocycles. The number of rotatable bonds is 8. The standard InChI is InChI=1S/C25H24N2O3S.C2H6O/c1-31(29)27-11-9-22-23(21-7-4-5-18(13-21)16-26)14-19(15-24(22)27)17-30-25-8-3-2-6-20(25)10-12-28;1-3-2/h2-9,11-15H,10,16-17,26H2,1H3;1-2H3. The van der Waals surface area contributed by atoms with E-state index >= 15 is 0 Å². The number of aromatic nitrogens is 1. The Morgan fingerprint density at radius 3 is 2.47 bits per heavy atom. The van der Waals surface area contributed by atoms with Crippen LogP contribution in [-0.2, 0) is 40.1 Å². The van der Waals surface area contributed by atoms with Crippen LogP contribution >= 0.6 is 0 Å². The smallest absolute Gasteiger partial charge is 0.124 e. The first-order valence-corrected chi connectivity index (χ1v) is 12.4. The number of nitrogens with zero attached hydrogens (tertiary/aromatic N) is 1. The molecule has 0 bridgehead atoms. The normalized spacial score (nSPS) is 11.5. The van der Waals surface area contributed by atoms with Crippen LogP contribution in [0.25, 0.3) is 22.0 Å². The SMILES string of the molecule is COC.CS(=O)n1ccc2c(-c3cccc(CN)c3)cc(COc3ccccc3CC=O)cc21. The van der Waals surface area contributed by atoms with Crippen LogP contribution in [0.2, 0.25) is 0 Å². The third kappa shape index (κ3) is 5.99. The second kappa shape index (κ2) is 12.3. The lowest BCUT2D eigenvalue weighted by molar-refractivity contribution is -0.107. The molecule has 6 nitrogen and oxygen atoms in total. The molecule has 0 saturated heterocycles. The van der Waals surface area contributed by atoms with Gasteiger partial charge in [-0.05, 0) is 52.6 Å². The number of benzene rings is 3. The van der Waals surface area contributed by atoms with Crippen molar-refractivity contribution in [2.75, 3.05) is 20.5 Å². The van der Waals surface area contributed by atoms with E-state index in [1.807, 2.05) is 54.7 Å². The van der Waals surface area contributed by atoms with Gasteiger partial charge in [-0.15, -0.1) is 0 Å². The van der Waals surface area contributed by atoms with E-state index in [-0.39, 0.29) is 0 Å². The van der Waals surface area contributed by atoms with Crippen LogP contribution in [-0.4, -0.2) is 34.9 Å². The number of hydrogen-bond donors (Lipinski definition) is 1. The fourth-order valence-corrected chi connectivity index (χ4v) is 4.41. The number of hydrogen-bond acceptors (Lipinski definition) is 5. The van der Waals surface area contributed by atoms with E-state index in [2.05, 4.69) is 22.9 Å². The maximum Gasteiger partial charge on any atom is 0.124 e. The van der Waals surface area contributed by atoms with Gasteiger partial charge in [0.2, 0.25) is 0 Å². The van der Waals surface area contributed by atoms with Crippen molar-refractivity contribution >= 4 is 28.2 Å². The number of ether oxygens (including phenoxy) is 2. The van der Waals surface area contributed by atoms with Crippen molar-refractivity contribution in [1.82, 2.24) is 3.97 Å². The van der Waals surface area contributed by atoms with Crippen LogP contribution in [0.1, 0.15) is 16.7 Å². The summed E-state index contributed by atoms with van der Waals surface area (Å²) in [6.07, 6.45) is 4.69. The first-order chi connectivity index (χ1) is 16.5. The molecule has 0 aliphatic rings. The highest BCUT2D eigenvalue weighted by Gasteiger charge is 2.13. The average Bonchev–Trinajstić information content (AvgIpc) is 3.28. The van der Waals surface area contributed by atoms with Crippen molar-refractivity contribution < 1.29 is 18.5 Å². The van der Waals surface area contributed by atoms with Gasteiger partial charge in [0.25, 0.3) is 0 Å². The van der Waals surface area contributed by atoms with Crippen LogP contribution in [0.3, 0.4) is 0 Å². The summed E-state index contributed by atoms with van der Waals surface area (Å²) in [6, 6.07) is 21.8. The summed E-state index contributed by atoms with van der Waals surface area (Å²) in [4.78, 5) is 11.0. The van der Waals surface area contributed by atoms with Gasteiger partial charge >= 0.3 is 0 Å². The van der Waals surface area contributed by atoms with Crippen LogP contribution in [0.15, 0.2) is 72.9 Å². The highest BCUT2D eigenvalue weighted by Crippen LogP contribution is 2.32. The molecule has 34 heavy (non-hydrogen) atoms. The van der Waals surface area contributed by atoms with E-state index in [9.17, 15) is 9.00 Å². The summed E-state index contributed by atoms with van der Waals surface area (Å²) >= 11 is 0. The lowest BCUT2D eigenvalue weighted by Gasteiger charge is -2.13. The zero-order valence-corrected chi connectivity index (χ0v) is 20.5. The molecule has 0 aliphatic carbocycles. The Bertz CT molecular complexity index is 1280. The molecule has 0 amide bonds. The predicted octanol–water partition coefficient (Wildman–Crippen LogP) is 4.49. The third-order valence-corrected chi connectivity index (χ3v) is 6.13. The summed E-state index contributed by atoms with van der Waals surface area (Å²) in [6.45, 7) is 0.796. The predicted molar refractivity (Wildman–Crippen MR) is 138 cm³/mol. The van der Waals surface area contributed by atoms with Gasteiger partial charge in [-0.1, -0.05) is 36.4 Å². The molecule has 0 saturated carbocycles. The highest BCUT2D eigenvalue weighted by molar-refractivity contribution is 7.82. The quantitative estimate of drug-likeness (QED) is 0.377. The Kier molecular flexibility index (Phi) is 9.16. The summed E-state index contributed by atoms with van der Waals surface area (Å²) < 4.78 is 24.4. The fraction of sp³-hybridized carbons (Fsp3) is 0.222. The number of fused-ring (bicyclic) bond motifs is 1. The number of para-hydroxylation sites is 1. The highest BCUT2D eigenvalue weighted by atomic mass is 32.2. The molecule has 1 heterocycles. The number of methoxy groups -OCH3 is 1. The summed E-state index contributed by atoms with van der Waals surface area (Å²) in [7, 11) is 2.07. The minimum Gasteiger partial charge on any atom is -0.489 e. The van der Waals surface area contributed by atoms with Gasteiger partial charge in [-0.25, -0.2) is 4.21 Å². The van der Waals surface area contributed by atoms with Gasteiger partial charge in [0.15, 0.2) is 0 Å². The Morgan fingerprint density at radius 1 is 1.00 bits per heavy atom. The zero-order chi connectivity index (χ0) is 24.5. The van der Waals surface area contributed by atoms with E-state index < -0.39 is 11.0 Å². The Balaban J connectivity index is 0.00000103. The number of carbonyl (C=O) groups is 1. The summed E-state index contributed by atoms with van der Waals surface area (Å²) in [5.41, 5.74) is 11.7. The molecule has 178 valence electrons. The van der Waals surface area contributed by atoms with Crippen molar-refractivity contribution in [2.24, 2.45) is 5.73 Å². The lowest BCUT2D eigenvalue weighted by Crippen LogP contribution is -2.03. The second-order valence-corrected chi connectivity index (χ2v) is 8.96. The molecule has 0 spiro atoms. The molecule has 0 radical (unpaired) electrons. The third-order valence-electron chi connectivity index (χ3n) is 5.25. The van der Waals surface area contributed by atoms with E-state index in [4.69, 9.17) is 10.5 Å². The minimum absolute atomic E-state index is 0.310. The van der Waals surface area contributed by atoms with Gasteiger partial charge in [0, 0.05) is 50.6 Å². The molecule has 4 aromatic rings. The average molecular weight is 479 g/mol. The topological polar surface area (TPSA) is 83.6 Å². The molecule has 2 N–H and O–H groups in total. The van der Waals surface area contributed by atoms with Crippen LogP contribution in [0.5, 0.6) is 5.75 Å². The molecule has 3 aromatic carbocycles. The van der Waals surface area contributed by atoms with Crippen LogP contribution in [0.4, 0.5) is 0 Å². The Morgan fingerprint density at radius 2 is 1.76 bits per heavy atom. The molecule has 1 atom stereocenters. The molecular weight excluding hydrogens is 448 g/mol. The molecular formula is C27H30N2O4S. The van der Waals surface area contributed by atoms with E-state index in [1.165, 1.54) is 0 Å². The van der Waals surface area contributed by atoms with Crippen molar-refractivity contribution in [3.8, 4) is 16.9 Å². The second-order valence-electron chi connectivity index (χ2n) is 7.72. The van der Waals surface area contributed by atoms with Gasteiger partial charge in [0.1, 0.15) is 29.6 Å². The Labute approximate surface area is 202 Å². The monoisotopic (exact) mass is 478 g/mol. The number of aldehydes is 1. The van der Waals surface area contributed by atoms with Crippen molar-refractivity contribution in [3.05, 3.63) is 89.6 Å². The molecule has 7 heteroatoms. The van der Waals surface area contributed by atoms with Gasteiger partial charge in [-0.2, -0.15) is 0 Å². The number of nitrogens with two attached hydrogens (primary N) is 1. The number of carbonyl (C=O) groups excluding carboxylic acids is 1. The first kappa shape index (κ1) is 25.4. The first-order valence-electron chi connectivity index (χ1n) is 10.8. The summed E-state index contributed by atoms with van der Waals surface area (Å²) in [5, 5.41) is 1.02. The van der Waals surface area contributed by atoms with E-state index in [0.29, 0.717) is 25.3 Å². The molecule has 1 aromatic heterocycles. The van der Waals surface area contributed by atoms with E-state index in [0.717, 1.165) is 45.0 Å². The zero-order valence-electron chi connectivity index (χ0n) is 19.7. The maximum absolute atomic E-state index is 12.3. The van der Waals surface area contributed by atoms with Gasteiger partial charge < -0.3 is 20.0 Å². The van der Waals surface area contributed by atoms with Crippen molar-refractivity contribution in [2.45, 2.75) is 19.6 Å². The van der Waals surface area contributed by atoms with Crippen molar-refractivity contribution in [1.29, 1.82) is 0 Å². The van der Waals surface area contributed by atoms with Crippen molar-refractivity contribution in [3.63, 3.8) is 0 Å². The lowest BCUT2D eigenvalue weighted by atomic mass is 9.97. The Hall–Kier alpha value is -3.26. The van der Waals surface area contributed by atoms with Crippen LogP contribution in [0, 0.1) is 0 Å². The largest absolute Gasteiger partial charge is 0.489 e. The van der Waals surface area contributed by atoms with Gasteiger partial charge in [-0.3, -0.25) is 3.97 Å². The van der Waals surface area contributed by atoms with Gasteiger partial charge in [0.05, 0.1) is 5.52 Å². The molecule has 0 fully saturated rings. The van der Waals surface area contributed by atoms with E-state index in [1.54, 1.807) is 24.4 Å². The summed E-state index contributed by atoms with van der Waals surface area (Å²) in [5.74, 6) is 0.691. The fourth-order valence-electron chi connectivity index (χ4n) is 3.75.